The van der Waals surface area contributed by atoms with Crippen molar-refractivity contribution in [2.75, 3.05) is 0 Å². The van der Waals surface area contributed by atoms with Gasteiger partial charge in [0.2, 0.25) is 0 Å². The summed E-state index contributed by atoms with van der Waals surface area (Å²) in [7, 11) is 0. The molecule has 2 heterocycles. The van der Waals surface area contributed by atoms with Gasteiger partial charge in [-0.15, -0.1) is 0 Å². The number of ether oxygens (including phenoxy) is 1. The molecule has 2 aliphatic rings. The van der Waals surface area contributed by atoms with Gasteiger partial charge in [-0.3, -0.25) is 9.59 Å². The highest BCUT2D eigenvalue weighted by atomic mass is 16.6. The van der Waals surface area contributed by atoms with E-state index in [2.05, 4.69) is 5.32 Å². The van der Waals surface area contributed by atoms with E-state index in [-0.39, 0.29) is 12.3 Å². The Morgan fingerprint density at radius 3 is 2.86 bits per heavy atom. The normalized spacial score (nSPS) is 28.6. The number of hydrogen-bond acceptors (Lipinski definition) is 3. The Kier molecular flexibility index (Phi) is 1.33. The maximum absolute atomic E-state index is 11.5. The highest BCUT2D eigenvalue weighted by molar-refractivity contribution is 6.43. The summed E-state index contributed by atoms with van der Waals surface area (Å²) in [5.41, 5.74) is 1.26. The molecular formula is C10H7NO3. The molecule has 14 heavy (non-hydrogen) atoms. The van der Waals surface area contributed by atoms with Gasteiger partial charge in [-0.25, -0.2) is 0 Å². The maximum Gasteiger partial charge on any atom is 0.294 e. The third-order valence-electron chi connectivity index (χ3n) is 2.48. The van der Waals surface area contributed by atoms with Crippen LogP contribution in [-0.2, 0) is 9.53 Å². The third kappa shape index (κ3) is 0.914. The summed E-state index contributed by atoms with van der Waals surface area (Å²) >= 11 is 0. The molecular weight excluding hydrogens is 182 g/mol. The number of epoxide rings is 1. The molecule has 4 heteroatoms. The van der Waals surface area contributed by atoms with Crippen molar-refractivity contribution in [1.82, 2.24) is 5.32 Å². The van der Waals surface area contributed by atoms with E-state index in [1.165, 1.54) is 0 Å². The zero-order valence-electron chi connectivity index (χ0n) is 7.19. The van der Waals surface area contributed by atoms with Gasteiger partial charge in [-0.05, 0) is 5.56 Å². The number of hydrogen-bond donors (Lipinski definition) is 1. The number of nitrogens with one attached hydrogen (secondary N) is 1. The van der Waals surface area contributed by atoms with Crippen LogP contribution in [0.15, 0.2) is 24.3 Å². The van der Waals surface area contributed by atoms with Crippen LogP contribution in [0.1, 0.15) is 22.0 Å². The molecule has 4 nitrogen and oxygen atoms in total. The molecule has 1 saturated heterocycles. The smallest absolute Gasteiger partial charge is 0.294 e. The molecule has 3 rings (SSSR count). The van der Waals surface area contributed by atoms with Gasteiger partial charge < -0.3 is 10.1 Å². The highest BCUT2D eigenvalue weighted by Crippen LogP contribution is 2.40. The van der Waals surface area contributed by atoms with Crippen LogP contribution in [0.4, 0.5) is 0 Å². The van der Waals surface area contributed by atoms with Crippen molar-refractivity contribution in [2.45, 2.75) is 12.3 Å². The average molecular weight is 189 g/mol. The zero-order chi connectivity index (χ0) is 9.71. The Balaban J connectivity index is 2.19. The van der Waals surface area contributed by atoms with Gasteiger partial charge in [-0.2, -0.15) is 0 Å². The minimum absolute atomic E-state index is 0.137. The molecule has 2 aliphatic heterocycles. The van der Waals surface area contributed by atoms with Gasteiger partial charge in [0, 0.05) is 5.56 Å². The quantitative estimate of drug-likeness (QED) is 0.474. The van der Waals surface area contributed by atoms with E-state index in [0.717, 1.165) is 5.56 Å². The number of carbonyl (C=O) groups excluding carboxylic acids is 2. The molecule has 2 atom stereocenters. The second-order valence-electron chi connectivity index (χ2n) is 3.37. The molecule has 0 saturated carbocycles. The van der Waals surface area contributed by atoms with E-state index in [9.17, 15) is 9.59 Å². The number of rotatable bonds is 0. The first-order valence-electron chi connectivity index (χ1n) is 4.37. The lowest BCUT2D eigenvalue weighted by molar-refractivity contribution is -0.117. The van der Waals surface area contributed by atoms with Crippen molar-refractivity contribution in [3.63, 3.8) is 0 Å². The fraction of sp³-hybridized carbons (Fsp3) is 0.200. The number of ketones is 1. The first-order valence-corrected chi connectivity index (χ1v) is 4.37. The summed E-state index contributed by atoms with van der Waals surface area (Å²) in [6, 6.07) is 7.05. The van der Waals surface area contributed by atoms with Crippen LogP contribution < -0.4 is 5.32 Å². The van der Waals surface area contributed by atoms with Gasteiger partial charge in [0.05, 0.1) is 0 Å². The molecule has 1 aromatic rings. The van der Waals surface area contributed by atoms with E-state index >= 15 is 0 Å². The van der Waals surface area contributed by atoms with Crippen molar-refractivity contribution in [3.8, 4) is 0 Å². The lowest BCUT2D eigenvalue weighted by atomic mass is 10.0. The van der Waals surface area contributed by atoms with E-state index in [4.69, 9.17) is 4.74 Å². The topological polar surface area (TPSA) is 58.7 Å². The lowest BCUT2D eigenvalue weighted by Gasteiger charge is -2.01. The Bertz CT molecular complexity index is 441. The van der Waals surface area contributed by atoms with Gasteiger partial charge in [0.1, 0.15) is 6.10 Å². The van der Waals surface area contributed by atoms with Crippen molar-refractivity contribution in [3.05, 3.63) is 35.4 Å². The van der Waals surface area contributed by atoms with Crippen LogP contribution >= 0.6 is 0 Å². The first kappa shape index (κ1) is 7.70. The second kappa shape index (κ2) is 2.42. The van der Waals surface area contributed by atoms with Crippen LogP contribution in [0, 0.1) is 0 Å². The van der Waals surface area contributed by atoms with E-state index in [1.807, 2.05) is 12.1 Å². The molecule has 1 amide bonds. The summed E-state index contributed by atoms with van der Waals surface area (Å²) in [6.45, 7) is 0. The fourth-order valence-electron chi connectivity index (χ4n) is 1.73. The Labute approximate surface area is 79.9 Å². The van der Waals surface area contributed by atoms with E-state index in [0.29, 0.717) is 5.56 Å². The molecule has 1 aromatic carbocycles. The number of Topliss-reactive ketones (excluding diaryl/α,β-unsaturated/α-hetero) is 1. The van der Waals surface area contributed by atoms with Crippen LogP contribution in [0.3, 0.4) is 0 Å². The minimum Gasteiger partial charge on any atom is -0.343 e. The summed E-state index contributed by atoms with van der Waals surface area (Å²) in [4.78, 5) is 22.8. The van der Waals surface area contributed by atoms with E-state index < -0.39 is 11.7 Å². The molecule has 0 spiro atoms. The summed E-state index contributed by atoms with van der Waals surface area (Å²) in [6.07, 6.45) is -0.448. The van der Waals surface area contributed by atoms with Crippen LogP contribution in [-0.4, -0.2) is 17.9 Å². The molecule has 2 unspecified atom stereocenters. The number of carbonyl (C=O) groups is 2. The van der Waals surface area contributed by atoms with Crippen molar-refractivity contribution in [2.24, 2.45) is 0 Å². The van der Waals surface area contributed by atoms with E-state index in [1.54, 1.807) is 12.1 Å². The fourth-order valence-corrected chi connectivity index (χ4v) is 1.73. The molecule has 70 valence electrons. The van der Waals surface area contributed by atoms with Crippen LogP contribution in [0.2, 0.25) is 0 Å². The van der Waals surface area contributed by atoms with Crippen molar-refractivity contribution >= 4 is 11.7 Å². The van der Waals surface area contributed by atoms with Crippen LogP contribution in [0.25, 0.3) is 0 Å². The largest absolute Gasteiger partial charge is 0.343 e. The molecule has 0 aliphatic carbocycles. The van der Waals surface area contributed by atoms with Gasteiger partial charge >= 0.3 is 0 Å². The number of amides is 1. The summed E-state index contributed by atoms with van der Waals surface area (Å²) in [5, 5.41) is 2.50. The van der Waals surface area contributed by atoms with Gasteiger partial charge in [0.15, 0.2) is 6.23 Å². The first-order chi connectivity index (χ1) is 6.77. The van der Waals surface area contributed by atoms with Crippen LogP contribution in [0.5, 0.6) is 0 Å². The molecule has 0 bridgehead atoms. The Morgan fingerprint density at radius 1 is 1.21 bits per heavy atom. The van der Waals surface area contributed by atoms with Gasteiger partial charge in [0.25, 0.3) is 11.7 Å². The Hall–Kier alpha value is -1.68. The summed E-state index contributed by atoms with van der Waals surface area (Å²) < 4.78 is 5.22. The monoisotopic (exact) mass is 189 g/mol. The Morgan fingerprint density at radius 2 is 2.00 bits per heavy atom. The molecule has 0 radical (unpaired) electrons. The zero-order valence-corrected chi connectivity index (χ0v) is 7.19. The standard InChI is InChI=1S/C10H7NO3/c12-7-5-3-1-2-4-6(5)8-10(14-8)11-9(7)13/h1-4,8,10H,(H,11,13). The third-order valence-corrected chi connectivity index (χ3v) is 2.48. The second-order valence-corrected chi connectivity index (χ2v) is 3.37. The lowest BCUT2D eigenvalue weighted by Crippen LogP contribution is -2.31. The van der Waals surface area contributed by atoms with Gasteiger partial charge in [-0.1, -0.05) is 24.3 Å². The predicted octanol–water partition coefficient (Wildman–Crippen LogP) is 0.396. The maximum atomic E-state index is 11.5. The van der Waals surface area contributed by atoms with Crippen molar-refractivity contribution in [1.29, 1.82) is 0 Å². The number of fused-ring (bicyclic) bond motifs is 3. The predicted molar refractivity (Wildman–Crippen MR) is 46.5 cm³/mol. The van der Waals surface area contributed by atoms with Crippen molar-refractivity contribution < 1.29 is 14.3 Å². The molecule has 1 N–H and O–H groups in total. The SMILES string of the molecule is O=C1NC2OC2c2ccccc2C1=O. The average Bonchev–Trinajstić information content (AvgIpc) is 2.95. The molecule has 0 aromatic heterocycles. The highest BCUT2D eigenvalue weighted by Gasteiger charge is 2.47. The molecule has 1 fully saturated rings. The number of benzene rings is 1. The summed E-state index contributed by atoms with van der Waals surface area (Å²) in [5.74, 6) is -1.06. The minimum atomic E-state index is -0.581.